The van der Waals surface area contributed by atoms with Crippen LogP contribution in [-0.2, 0) is 12.8 Å². The molecule has 0 N–H and O–H groups in total. The zero-order valence-corrected chi connectivity index (χ0v) is 22.3. The fourth-order valence-corrected chi connectivity index (χ4v) is 6.60. The quantitative estimate of drug-likeness (QED) is 0.241. The average molecular weight is 516 g/mol. The summed E-state index contributed by atoms with van der Waals surface area (Å²) >= 11 is 0. The van der Waals surface area contributed by atoms with Gasteiger partial charge in [0.2, 0.25) is 0 Å². The number of benzene rings is 2. The van der Waals surface area contributed by atoms with Crippen molar-refractivity contribution in [2.45, 2.75) is 32.1 Å². The van der Waals surface area contributed by atoms with Gasteiger partial charge < -0.3 is 0 Å². The lowest BCUT2D eigenvalue weighted by Crippen LogP contribution is -2.06. The summed E-state index contributed by atoms with van der Waals surface area (Å²) in [5.41, 5.74) is 15.2. The van der Waals surface area contributed by atoms with Crippen molar-refractivity contribution in [1.29, 1.82) is 0 Å². The maximum Gasteiger partial charge on any atom is 0.145 e. The lowest BCUT2D eigenvalue weighted by atomic mass is 9.92. The van der Waals surface area contributed by atoms with E-state index in [1.165, 1.54) is 55.6 Å². The first kappa shape index (κ1) is 23.2. The molecule has 2 aromatic carbocycles. The van der Waals surface area contributed by atoms with E-state index in [1.54, 1.807) is 0 Å². The summed E-state index contributed by atoms with van der Waals surface area (Å²) in [5.74, 6) is 0. The zero-order valence-electron chi connectivity index (χ0n) is 22.3. The number of hydrogen-bond donors (Lipinski definition) is 0. The second kappa shape index (κ2) is 9.46. The molecule has 5 aromatic rings. The Balaban J connectivity index is 1.20. The molecule has 3 aliphatic rings. The van der Waals surface area contributed by atoms with Crippen molar-refractivity contribution in [1.82, 2.24) is 14.5 Å². The van der Waals surface area contributed by atoms with Crippen LogP contribution in [0.25, 0.3) is 33.9 Å². The van der Waals surface area contributed by atoms with Gasteiger partial charge in [0.25, 0.3) is 0 Å². The maximum atomic E-state index is 5.04. The molecule has 3 aliphatic carbocycles. The number of para-hydroxylation sites is 1. The zero-order chi connectivity index (χ0) is 26.5. The van der Waals surface area contributed by atoms with Gasteiger partial charge in [0.1, 0.15) is 5.65 Å². The third-order valence-corrected chi connectivity index (χ3v) is 8.56. The summed E-state index contributed by atoms with van der Waals surface area (Å²) in [6.07, 6.45) is 18.5. The standard InChI is InChI=1S/C37H29N3/c1-2-12-30(13-3-1)40-36-19-17-28(23-34(36)32-15-8-20-38-37(32)40)35-18-16-29(24-39-35)33-22-26-10-5-4-9-25(26)21-27-11-6-7-14-31(27)33/h1-4,6-9,11-16,18,20,22-24H,5,10,17,19,21H2. The van der Waals surface area contributed by atoms with Gasteiger partial charge in [0.15, 0.2) is 0 Å². The van der Waals surface area contributed by atoms with Crippen LogP contribution < -0.4 is 0 Å². The number of hydrogen-bond acceptors (Lipinski definition) is 2. The topological polar surface area (TPSA) is 30.7 Å². The molecule has 3 nitrogen and oxygen atoms in total. The van der Waals surface area contributed by atoms with Gasteiger partial charge in [-0.2, -0.15) is 0 Å². The SMILES string of the molecule is C1=CC2=C(C=C(c3ccc(C4=Cc5c(n(-c6ccccc6)c6ncccc56)CC4)nc3)c3ccccc3C2)CC1. The molecule has 0 saturated heterocycles. The fourth-order valence-electron chi connectivity index (χ4n) is 6.60. The molecule has 0 unspecified atom stereocenters. The highest BCUT2D eigenvalue weighted by molar-refractivity contribution is 5.97. The molecule has 0 saturated carbocycles. The van der Waals surface area contributed by atoms with E-state index in [1.807, 2.05) is 12.3 Å². The fraction of sp³-hybridized carbons (Fsp3) is 0.135. The Morgan fingerprint density at radius 3 is 2.52 bits per heavy atom. The molecule has 3 heterocycles. The van der Waals surface area contributed by atoms with E-state index in [0.29, 0.717) is 0 Å². The molecule has 8 rings (SSSR count). The van der Waals surface area contributed by atoms with Crippen LogP contribution >= 0.6 is 0 Å². The summed E-state index contributed by atoms with van der Waals surface area (Å²) in [6, 6.07) is 28.1. The van der Waals surface area contributed by atoms with E-state index in [-0.39, 0.29) is 0 Å². The van der Waals surface area contributed by atoms with Crippen LogP contribution in [0.2, 0.25) is 0 Å². The molecule has 0 amide bonds. The molecule has 0 bridgehead atoms. The van der Waals surface area contributed by atoms with E-state index in [4.69, 9.17) is 9.97 Å². The Kier molecular flexibility index (Phi) is 5.48. The van der Waals surface area contributed by atoms with Gasteiger partial charge >= 0.3 is 0 Å². The van der Waals surface area contributed by atoms with Gasteiger partial charge in [-0.15, -0.1) is 0 Å². The summed E-state index contributed by atoms with van der Waals surface area (Å²) in [7, 11) is 0. The van der Waals surface area contributed by atoms with Crippen LogP contribution in [0.15, 0.2) is 121 Å². The summed E-state index contributed by atoms with van der Waals surface area (Å²) in [5, 5.41) is 1.20. The lowest BCUT2D eigenvalue weighted by molar-refractivity contribution is 0.888. The third-order valence-electron chi connectivity index (χ3n) is 8.56. The first-order valence-electron chi connectivity index (χ1n) is 14.2. The highest BCUT2D eigenvalue weighted by atomic mass is 15.1. The smallest absolute Gasteiger partial charge is 0.145 e. The van der Waals surface area contributed by atoms with Crippen LogP contribution in [0.4, 0.5) is 0 Å². The van der Waals surface area contributed by atoms with Crippen LogP contribution in [0.5, 0.6) is 0 Å². The summed E-state index contributed by atoms with van der Waals surface area (Å²) in [4.78, 5) is 9.82. The molecule has 0 radical (unpaired) electrons. The van der Waals surface area contributed by atoms with Crippen LogP contribution in [0.3, 0.4) is 0 Å². The average Bonchev–Trinajstić information content (AvgIpc) is 3.25. The molecule has 3 aromatic heterocycles. The largest absolute Gasteiger partial charge is 0.298 e. The molecular formula is C37H29N3. The summed E-state index contributed by atoms with van der Waals surface area (Å²) < 4.78 is 2.33. The maximum absolute atomic E-state index is 5.04. The molecule has 0 fully saturated rings. The number of rotatable bonds is 3. The monoisotopic (exact) mass is 515 g/mol. The molecule has 40 heavy (non-hydrogen) atoms. The minimum atomic E-state index is 0.955. The minimum absolute atomic E-state index is 0.955. The van der Waals surface area contributed by atoms with Crippen molar-refractivity contribution in [2.24, 2.45) is 0 Å². The van der Waals surface area contributed by atoms with Gasteiger partial charge in [-0.25, -0.2) is 4.98 Å². The van der Waals surface area contributed by atoms with Gasteiger partial charge in [0, 0.05) is 40.3 Å². The van der Waals surface area contributed by atoms with Gasteiger partial charge in [-0.1, -0.05) is 66.8 Å². The summed E-state index contributed by atoms with van der Waals surface area (Å²) in [6.45, 7) is 0. The Morgan fingerprint density at radius 2 is 1.62 bits per heavy atom. The Hall–Kier alpha value is -4.76. The Labute approximate surface area is 234 Å². The van der Waals surface area contributed by atoms with Gasteiger partial charge in [-0.05, 0) is 102 Å². The van der Waals surface area contributed by atoms with Crippen LogP contribution in [-0.4, -0.2) is 14.5 Å². The van der Waals surface area contributed by atoms with E-state index in [2.05, 4.69) is 108 Å². The molecule has 192 valence electrons. The van der Waals surface area contributed by atoms with Crippen molar-refractivity contribution in [2.75, 3.05) is 0 Å². The van der Waals surface area contributed by atoms with Gasteiger partial charge in [0.05, 0.1) is 5.69 Å². The normalized spacial score (nSPS) is 16.1. The Morgan fingerprint density at radius 1 is 0.725 bits per heavy atom. The first-order valence-corrected chi connectivity index (χ1v) is 14.2. The van der Waals surface area contributed by atoms with E-state index < -0.39 is 0 Å². The van der Waals surface area contributed by atoms with Crippen molar-refractivity contribution >= 4 is 28.3 Å². The number of pyridine rings is 2. The molecule has 0 spiro atoms. The predicted octanol–water partition coefficient (Wildman–Crippen LogP) is 8.54. The molecule has 0 aliphatic heterocycles. The molecule has 3 heteroatoms. The molecule has 0 atom stereocenters. The minimum Gasteiger partial charge on any atom is -0.298 e. The lowest BCUT2D eigenvalue weighted by Gasteiger charge is -2.17. The van der Waals surface area contributed by atoms with Crippen molar-refractivity contribution < 1.29 is 0 Å². The van der Waals surface area contributed by atoms with E-state index >= 15 is 0 Å². The van der Waals surface area contributed by atoms with Crippen LogP contribution in [0, 0.1) is 0 Å². The highest BCUT2D eigenvalue weighted by Crippen LogP contribution is 2.39. The second-order valence-electron chi connectivity index (χ2n) is 10.9. The van der Waals surface area contributed by atoms with E-state index in [0.717, 1.165) is 49.1 Å². The van der Waals surface area contributed by atoms with E-state index in [9.17, 15) is 0 Å². The first-order chi connectivity index (χ1) is 19.8. The number of fused-ring (bicyclic) bond motifs is 4. The number of allylic oxidation sites excluding steroid dienone is 6. The van der Waals surface area contributed by atoms with Crippen LogP contribution in [0.1, 0.15) is 52.9 Å². The molecular weight excluding hydrogens is 486 g/mol. The van der Waals surface area contributed by atoms with Gasteiger partial charge in [-0.3, -0.25) is 9.55 Å². The van der Waals surface area contributed by atoms with Crippen molar-refractivity contribution in [3.63, 3.8) is 0 Å². The Bertz CT molecular complexity index is 1900. The number of aromatic nitrogens is 3. The predicted molar refractivity (Wildman–Crippen MR) is 164 cm³/mol. The van der Waals surface area contributed by atoms with Crippen molar-refractivity contribution in [3.05, 3.63) is 154 Å². The third kappa shape index (κ3) is 3.81. The highest BCUT2D eigenvalue weighted by Gasteiger charge is 2.23. The second-order valence-corrected chi connectivity index (χ2v) is 10.9. The number of nitrogens with zero attached hydrogens (tertiary/aromatic N) is 3. The van der Waals surface area contributed by atoms with Crippen molar-refractivity contribution in [3.8, 4) is 5.69 Å².